The highest BCUT2D eigenvalue weighted by molar-refractivity contribution is 7.20. The predicted octanol–water partition coefficient (Wildman–Crippen LogP) is 3.22. The van der Waals surface area contributed by atoms with Gasteiger partial charge in [-0.2, -0.15) is 4.98 Å². The third kappa shape index (κ3) is 2.41. The highest BCUT2D eigenvalue weighted by atomic mass is 32.1. The van der Waals surface area contributed by atoms with Crippen molar-refractivity contribution in [3.63, 3.8) is 0 Å². The molecule has 0 spiro atoms. The summed E-state index contributed by atoms with van der Waals surface area (Å²) in [5.74, 6) is -0.264. The first-order chi connectivity index (χ1) is 10.3. The van der Waals surface area contributed by atoms with Crippen molar-refractivity contribution in [2.75, 3.05) is 11.9 Å². The van der Waals surface area contributed by atoms with Crippen LogP contribution in [0.15, 0.2) is 35.3 Å². The monoisotopic (exact) mass is 320 g/mol. The van der Waals surface area contributed by atoms with Gasteiger partial charge in [-0.25, -0.2) is 18.4 Å². The number of benzene rings is 1. The van der Waals surface area contributed by atoms with E-state index in [2.05, 4.69) is 4.98 Å². The van der Waals surface area contributed by atoms with Crippen LogP contribution in [0.25, 0.3) is 4.96 Å². The maximum absolute atomic E-state index is 13.0. The van der Waals surface area contributed by atoms with E-state index in [9.17, 15) is 9.18 Å². The molecule has 0 aliphatic carbocycles. The largest absolute Gasteiger partial charge is 0.365 e. The number of nitrogens with zero attached hydrogens (tertiary/aromatic N) is 4. The van der Waals surface area contributed by atoms with E-state index >= 15 is 0 Å². The lowest BCUT2D eigenvalue weighted by molar-refractivity contribution is 0.329. The van der Waals surface area contributed by atoms with Crippen molar-refractivity contribution < 1.29 is 4.39 Å². The van der Waals surface area contributed by atoms with Crippen molar-refractivity contribution in [3.8, 4) is 0 Å². The third-order valence-corrected chi connectivity index (χ3v) is 4.44. The van der Waals surface area contributed by atoms with Crippen LogP contribution in [0.3, 0.4) is 0 Å². The van der Waals surface area contributed by atoms with E-state index in [0.717, 1.165) is 10.7 Å². The summed E-state index contributed by atoms with van der Waals surface area (Å²) in [5, 5.41) is 0.923. The van der Waals surface area contributed by atoms with Crippen LogP contribution in [-0.2, 0) is 5.54 Å². The fourth-order valence-corrected chi connectivity index (χ4v) is 3.26. The Morgan fingerprint density at radius 3 is 2.45 bits per heavy atom. The summed E-state index contributed by atoms with van der Waals surface area (Å²) < 4.78 is 16.4. The first-order valence-corrected chi connectivity index (χ1v) is 7.70. The average molecular weight is 320 g/mol. The van der Waals surface area contributed by atoms with Gasteiger partial charge in [0, 0.05) is 12.7 Å². The molecule has 0 radical (unpaired) electrons. The standard InChI is InChI=1S/C15H17FN4OS/c1-15(2,3)20-13(21)17-14-19(20)9-12(22-14)18(4)11-7-5-10(16)6-8-11/h5-9H,1-4H3. The van der Waals surface area contributed by atoms with E-state index in [-0.39, 0.29) is 17.0 Å². The molecule has 0 atom stereocenters. The SMILES string of the molecule is CN(c1ccc(F)cc1)c1cn2c(nc(=O)n2C(C)(C)C)s1. The number of rotatable bonds is 2. The van der Waals surface area contributed by atoms with Crippen LogP contribution in [0.1, 0.15) is 20.8 Å². The molecule has 116 valence electrons. The molecule has 0 saturated carbocycles. The summed E-state index contributed by atoms with van der Waals surface area (Å²) in [4.78, 5) is 18.7. The van der Waals surface area contributed by atoms with Gasteiger partial charge in [0.1, 0.15) is 10.8 Å². The van der Waals surface area contributed by atoms with Crippen molar-refractivity contribution in [2.24, 2.45) is 0 Å². The normalized spacial score (nSPS) is 12.0. The first-order valence-electron chi connectivity index (χ1n) is 6.88. The Morgan fingerprint density at radius 2 is 1.86 bits per heavy atom. The van der Waals surface area contributed by atoms with Gasteiger partial charge in [-0.1, -0.05) is 11.3 Å². The van der Waals surface area contributed by atoms with Crippen molar-refractivity contribution in [3.05, 3.63) is 46.8 Å². The van der Waals surface area contributed by atoms with Crippen molar-refractivity contribution in [1.29, 1.82) is 0 Å². The van der Waals surface area contributed by atoms with Gasteiger partial charge in [0.15, 0.2) is 0 Å². The zero-order valence-corrected chi connectivity index (χ0v) is 13.7. The maximum Gasteiger partial charge on any atom is 0.365 e. The number of thiazole rings is 1. The van der Waals surface area contributed by atoms with Crippen LogP contribution in [0.5, 0.6) is 0 Å². The molecular formula is C15H17FN4OS. The summed E-state index contributed by atoms with van der Waals surface area (Å²) in [6, 6.07) is 6.29. The van der Waals surface area contributed by atoms with E-state index in [1.807, 2.05) is 38.9 Å². The Morgan fingerprint density at radius 1 is 1.23 bits per heavy atom. The average Bonchev–Trinajstić information content (AvgIpc) is 2.93. The van der Waals surface area contributed by atoms with Gasteiger partial charge in [-0.05, 0) is 45.0 Å². The van der Waals surface area contributed by atoms with E-state index in [0.29, 0.717) is 4.96 Å². The number of aromatic nitrogens is 3. The fraction of sp³-hybridized carbons (Fsp3) is 0.333. The Hall–Kier alpha value is -2.15. The topological polar surface area (TPSA) is 42.5 Å². The lowest BCUT2D eigenvalue weighted by Gasteiger charge is -2.20. The molecule has 3 rings (SSSR count). The van der Waals surface area contributed by atoms with E-state index < -0.39 is 0 Å². The molecule has 0 aliphatic rings. The summed E-state index contributed by atoms with van der Waals surface area (Å²) in [6.07, 6.45) is 1.88. The Balaban J connectivity index is 2.08. The molecule has 0 unspecified atom stereocenters. The summed E-state index contributed by atoms with van der Waals surface area (Å²) in [7, 11) is 1.90. The first kappa shape index (κ1) is 14.8. The predicted molar refractivity (Wildman–Crippen MR) is 86.8 cm³/mol. The van der Waals surface area contributed by atoms with Crippen molar-refractivity contribution in [2.45, 2.75) is 26.3 Å². The van der Waals surface area contributed by atoms with Gasteiger partial charge in [0.05, 0.1) is 11.7 Å². The quantitative estimate of drug-likeness (QED) is 0.728. The van der Waals surface area contributed by atoms with E-state index in [1.54, 1.807) is 21.3 Å². The molecule has 1 aromatic carbocycles. The molecule has 0 aliphatic heterocycles. The molecular weight excluding hydrogens is 303 g/mol. The van der Waals surface area contributed by atoms with Gasteiger partial charge < -0.3 is 4.90 Å². The van der Waals surface area contributed by atoms with Crippen molar-refractivity contribution >= 4 is 27.0 Å². The highest BCUT2D eigenvalue weighted by Gasteiger charge is 2.22. The summed E-state index contributed by atoms with van der Waals surface area (Å²) in [5.41, 5.74) is 0.258. The molecule has 0 N–H and O–H groups in total. The molecule has 0 fully saturated rings. The molecule has 0 bridgehead atoms. The molecule has 3 aromatic rings. The van der Waals surface area contributed by atoms with Gasteiger partial charge >= 0.3 is 5.69 Å². The Labute approximate surface area is 131 Å². The van der Waals surface area contributed by atoms with Crippen LogP contribution in [0, 0.1) is 5.82 Å². The van der Waals surface area contributed by atoms with Crippen LogP contribution in [0.2, 0.25) is 0 Å². The molecule has 0 saturated heterocycles. The number of fused-ring (bicyclic) bond motifs is 1. The second-order valence-corrected chi connectivity index (χ2v) is 7.10. The van der Waals surface area contributed by atoms with Crippen LogP contribution >= 0.6 is 11.3 Å². The third-order valence-electron chi connectivity index (χ3n) is 3.39. The molecule has 0 amide bonds. The van der Waals surface area contributed by atoms with Crippen molar-refractivity contribution in [1.82, 2.24) is 14.2 Å². The smallest absolute Gasteiger partial charge is 0.335 e. The van der Waals surface area contributed by atoms with E-state index in [1.165, 1.54) is 23.5 Å². The number of hydrogen-bond acceptors (Lipinski definition) is 4. The number of anilines is 2. The summed E-state index contributed by atoms with van der Waals surface area (Å²) in [6.45, 7) is 5.89. The zero-order valence-electron chi connectivity index (χ0n) is 12.9. The van der Waals surface area contributed by atoms with Crippen LogP contribution in [-0.4, -0.2) is 21.2 Å². The molecule has 22 heavy (non-hydrogen) atoms. The second-order valence-electron chi connectivity index (χ2n) is 6.11. The Kier molecular flexibility index (Phi) is 3.32. The minimum absolute atomic E-state index is 0.255. The number of halogens is 1. The minimum Gasteiger partial charge on any atom is -0.335 e. The van der Waals surface area contributed by atoms with Gasteiger partial charge in [0.2, 0.25) is 4.96 Å². The summed E-state index contributed by atoms with van der Waals surface area (Å²) >= 11 is 1.42. The maximum atomic E-state index is 13.0. The fourth-order valence-electron chi connectivity index (χ4n) is 2.32. The molecule has 2 heterocycles. The van der Waals surface area contributed by atoms with Crippen LogP contribution in [0.4, 0.5) is 15.1 Å². The Bertz CT molecular complexity index is 870. The lowest BCUT2D eigenvalue weighted by atomic mass is 10.1. The lowest BCUT2D eigenvalue weighted by Crippen LogP contribution is -2.34. The molecule has 2 aromatic heterocycles. The van der Waals surface area contributed by atoms with Gasteiger partial charge in [-0.15, -0.1) is 0 Å². The van der Waals surface area contributed by atoms with Gasteiger partial charge in [-0.3, -0.25) is 0 Å². The van der Waals surface area contributed by atoms with E-state index in [4.69, 9.17) is 0 Å². The van der Waals surface area contributed by atoms with Gasteiger partial charge in [0.25, 0.3) is 0 Å². The molecule has 5 nitrogen and oxygen atoms in total. The second kappa shape index (κ2) is 4.95. The molecule has 7 heteroatoms. The highest BCUT2D eigenvalue weighted by Crippen LogP contribution is 2.31. The number of hydrogen-bond donors (Lipinski definition) is 0. The zero-order chi connectivity index (χ0) is 16.1. The van der Waals surface area contributed by atoms with Crippen LogP contribution < -0.4 is 10.6 Å². The minimum atomic E-state index is -0.358.